The molecule has 3 aromatic rings. The highest BCUT2D eigenvalue weighted by molar-refractivity contribution is 9.10. The molecule has 0 saturated carbocycles. The number of rotatable bonds is 9. The van der Waals surface area contributed by atoms with Crippen LogP contribution in [0.1, 0.15) is 24.1 Å². The second kappa shape index (κ2) is 10.8. The Bertz CT molecular complexity index is 1200. The normalized spacial score (nSPS) is 12.1. The summed E-state index contributed by atoms with van der Waals surface area (Å²) in [6, 6.07) is 19.7. The Hall–Kier alpha value is -2.91. The lowest BCUT2D eigenvalue weighted by Gasteiger charge is -2.23. The molecule has 1 N–H and O–H groups in total. The molecule has 174 valence electrons. The summed E-state index contributed by atoms with van der Waals surface area (Å²) in [7, 11) is -3.66. The van der Waals surface area contributed by atoms with E-state index in [1.165, 1.54) is 6.07 Å². The summed E-state index contributed by atoms with van der Waals surface area (Å²) in [6.07, 6.45) is 1.06. The molecule has 0 aromatic heterocycles. The zero-order chi connectivity index (χ0) is 24.0. The molecule has 0 saturated heterocycles. The monoisotopic (exact) mass is 534 g/mol. The standard InChI is InChI=1S/C24H24BrFN2O4S/c1-17(18-7-9-20(25)10-8-18)27-24(29)16-32-22-13-11-21(12-14-22)28(33(2,30)31)15-19-5-3-4-6-23(19)26/h3-14,17H,15-16H2,1-2H3,(H,27,29). The first-order valence-electron chi connectivity index (χ1n) is 10.1. The van der Waals surface area contributed by atoms with Crippen molar-refractivity contribution in [1.29, 1.82) is 0 Å². The number of amides is 1. The fraction of sp³-hybridized carbons (Fsp3) is 0.208. The smallest absolute Gasteiger partial charge is 0.258 e. The Labute approximate surface area is 201 Å². The predicted octanol–water partition coefficient (Wildman–Crippen LogP) is 4.81. The number of hydrogen-bond acceptors (Lipinski definition) is 4. The van der Waals surface area contributed by atoms with E-state index in [-0.39, 0.29) is 30.7 Å². The number of halogens is 2. The molecule has 0 heterocycles. The van der Waals surface area contributed by atoms with Gasteiger partial charge in [-0.15, -0.1) is 0 Å². The maximum Gasteiger partial charge on any atom is 0.258 e. The van der Waals surface area contributed by atoms with Gasteiger partial charge in [0.15, 0.2) is 6.61 Å². The third-order valence-electron chi connectivity index (χ3n) is 4.91. The van der Waals surface area contributed by atoms with Gasteiger partial charge in [0, 0.05) is 10.0 Å². The quantitative estimate of drug-likeness (QED) is 0.427. The van der Waals surface area contributed by atoms with Gasteiger partial charge in [-0.1, -0.05) is 46.3 Å². The molecular weight excluding hydrogens is 511 g/mol. The van der Waals surface area contributed by atoms with Crippen molar-refractivity contribution >= 4 is 37.5 Å². The first-order chi connectivity index (χ1) is 15.6. The van der Waals surface area contributed by atoms with Gasteiger partial charge in [0.1, 0.15) is 11.6 Å². The Balaban J connectivity index is 1.61. The van der Waals surface area contributed by atoms with Crippen LogP contribution in [0, 0.1) is 5.82 Å². The highest BCUT2D eigenvalue weighted by Gasteiger charge is 2.19. The second-order valence-corrected chi connectivity index (χ2v) is 10.3. The molecule has 3 aromatic carbocycles. The topological polar surface area (TPSA) is 75.7 Å². The van der Waals surface area contributed by atoms with Crippen molar-refractivity contribution in [2.24, 2.45) is 0 Å². The van der Waals surface area contributed by atoms with Gasteiger partial charge in [-0.2, -0.15) is 0 Å². The van der Waals surface area contributed by atoms with Crippen LogP contribution in [0.4, 0.5) is 10.1 Å². The van der Waals surface area contributed by atoms with E-state index in [1.54, 1.807) is 42.5 Å². The molecule has 0 spiro atoms. The average molecular weight is 535 g/mol. The van der Waals surface area contributed by atoms with Gasteiger partial charge in [0.2, 0.25) is 10.0 Å². The molecule has 0 bridgehead atoms. The SMILES string of the molecule is CC(NC(=O)COc1ccc(N(Cc2ccccc2F)S(C)(=O)=O)cc1)c1ccc(Br)cc1. The molecule has 1 atom stereocenters. The summed E-state index contributed by atoms with van der Waals surface area (Å²) in [5.74, 6) is -0.356. The third-order valence-corrected chi connectivity index (χ3v) is 6.58. The average Bonchev–Trinajstić information content (AvgIpc) is 2.77. The van der Waals surface area contributed by atoms with Crippen LogP contribution in [-0.2, 0) is 21.4 Å². The van der Waals surface area contributed by atoms with Crippen LogP contribution in [-0.4, -0.2) is 27.2 Å². The molecular formula is C24H24BrFN2O4S. The summed E-state index contributed by atoms with van der Waals surface area (Å²) in [5, 5.41) is 2.87. The van der Waals surface area contributed by atoms with Crippen molar-refractivity contribution in [3.8, 4) is 5.75 Å². The molecule has 0 aliphatic heterocycles. The van der Waals surface area contributed by atoms with Crippen LogP contribution in [0.2, 0.25) is 0 Å². The number of carbonyl (C=O) groups excluding carboxylic acids is 1. The van der Waals surface area contributed by atoms with E-state index in [0.717, 1.165) is 20.6 Å². The van der Waals surface area contributed by atoms with Crippen molar-refractivity contribution < 1.29 is 22.3 Å². The van der Waals surface area contributed by atoms with Crippen LogP contribution in [0.3, 0.4) is 0 Å². The molecule has 1 amide bonds. The summed E-state index contributed by atoms with van der Waals surface area (Å²) in [6.45, 7) is 1.55. The summed E-state index contributed by atoms with van der Waals surface area (Å²) >= 11 is 3.38. The zero-order valence-electron chi connectivity index (χ0n) is 18.2. The first kappa shape index (κ1) is 24.7. The highest BCUT2D eigenvalue weighted by atomic mass is 79.9. The molecule has 3 rings (SSSR count). The highest BCUT2D eigenvalue weighted by Crippen LogP contribution is 2.24. The number of carbonyl (C=O) groups is 1. The van der Waals surface area contributed by atoms with Gasteiger partial charge < -0.3 is 10.1 Å². The molecule has 0 aliphatic rings. The Kier molecular flexibility index (Phi) is 8.10. The lowest BCUT2D eigenvalue weighted by Crippen LogP contribution is -2.31. The van der Waals surface area contributed by atoms with Crippen molar-refractivity contribution in [2.45, 2.75) is 19.5 Å². The van der Waals surface area contributed by atoms with Gasteiger partial charge in [-0.3, -0.25) is 9.10 Å². The lowest BCUT2D eigenvalue weighted by atomic mass is 10.1. The minimum Gasteiger partial charge on any atom is -0.484 e. The molecule has 0 aliphatic carbocycles. The van der Waals surface area contributed by atoms with E-state index in [0.29, 0.717) is 11.4 Å². The number of benzene rings is 3. The fourth-order valence-corrected chi connectivity index (χ4v) is 4.30. The number of ether oxygens (including phenoxy) is 1. The van der Waals surface area contributed by atoms with Crippen molar-refractivity contribution in [2.75, 3.05) is 17.2 Å². The van der Waals surface area contributed by atoms with Gasteiger partial charge in [0.05, 0.1) is 24.5 Å². The fourth-order valence-electron chi connectivity index (χ4n) is 3.16. The van der Waals surface area contributed by atoms with Crippen LogP contribution in [0.25, 0.3) is 0 Å². The van der Waals surface area contributed by atoms with Crippen LogP contribution < -0.4 is 14.4 Å². The maximum absolute atomic E-state index is 14.0. The number of nitrogens with one attached hydrogen (secondary N) is 1. The number of hydrogen-bond donors (Lipinski definition) is 1. The molecule has 1 unspecified atom stereocenters. The van der Waals surface area contributed by atoms with E-state index in [9.17, 15) is 17.6 Å². The van der Waals surface area contributed by atoms with Crippen molar-refractivity contribution in [3.05, 3.63) is 94.2 Å². The summed E-state index contributed by atoms with van der Waals surface area (Å²) < 4.78 is 46.2. The lowest BCUT2D eigenvalue weighted by molar-refractivity contribution is -0.123. The van der Waals surface area contributed by atoms with Crippen molar-refractivity contribution in [3.63, 3.8) is 0 Å². The Morgan fingerprint density at radius 3 is 2.30 bits per heavy atom. The molecule has 33 heavy (non-hydrogen) atoms. The third kappa shape index (κ3) is 7.03. The largest absolute Gasteiger partial charge is 0.484 e. The maximum atomic E-state index is 14.0. The second-order valence-electron chi connectivity index (χ2n) is 7.48. The van der Waals surface area contributed by atoms with Gasteiger partial charge in [0.25, 0.3) is 5.91 Å². The minimum absolute atomic E-state index is 0.137. The van der Waals surface area contributed by atoms with Crippen molar-refractivity contribution in [1.82, 2.24) is 5.32 Å². The first-order valence-corrected chi connectivity index (χ1v) is 12.8. The van der Waals surface area contributed by atoms with Crippen LogP contribution in [0.15, 0.2) is 77.3 Å². The number of nitrogens with zero attached hydrogens (tertiary/aromatic N) is 1. The minimum atomic E-state index is -3.66. The summed E-state index contributed by atoms with van der Waals surface area (Å²) in [4.78, 5) is 12.2. The van der Waals surface area contributed by atoms with Crippen LogP contribution in [0.5, 0.6) is 5.75 Å². The van der Waals surface area contributed by atoms with Crippen LogP contribution >= 0.6 is 15.9 Å². The Morgan fingerprint density at radius 1 is 1.06 bits per heavy atom. The molecule has 6 nitrogen and oxygen atoms in total. The zero-order valence-corrected chi connectivity index (χ0v) is 20.6. The van der Waals surface area contributed by atoms with Gasteiger partial charge in [-0.05, 0) is 55.0 Å². The van der Waals surface area contributed by atoms with E-state index < -0.39 is 15.8 Å². The van der Waals surface area contributed by atoms with E-state index >= 15 is 0 Å². The van der Waals surface area contributed by atoms with E-state index in [4.69, 9.17) is 4.74 Å². The Morgan fingerprint density at radius 2 is 1.70 bits per heavy atom. The van der Waals surface area contributed by atoms with Gasteiger partial charge in [-0.25, -0.2) is 12.8 Å². The predicted molar refractivity (Wildman–Crippen MR) is 130 cm³/mol. The molecule has 0 fully saturated rings. The number of sulfonamides is 1. The van der Waals surface area contributed by atoms with Gasteiger partial charge >= 0.3 is 0 Å². The number of anilines is 1. The van der Waals surface area contributed by atoms with E-state index in [1.807, 2.05) is 31.2 Å². The molecule has 9 heteroatoms. The van der Waals surface area contributed by atoms with E-state index in [2.05, 4.69) is 21.2 Å². The summed E-state index contributed by atoms with van der Waals surface area (Å²) in [5.41, 5.74) is 1.59. The molecule has 0 radical (unpaired) electrons.